The van der Waals surface area contributed by atoms with E-state index in [1.165, 1.54) is 0 Å². The summed E-state index contributed by atoms with van der Waals surface area (Å²) in [7, 11) is 1.63. The number of aryl methyl sites for hydroxylation is 1. The van der Waals surface area contributed by atoms with Crippen LogP contribution in [0, 0.1) is 0 Å². The average Bonchev–Trinajstić information content (AvgIpc) is 2.56. The summed E-state index contributed by atoms with van der Waals surface area (Å²) in [6, 6.07) is 0. The van der Waals surface area contributed by atoms with Crippen LogP contribution in [0.4, 0.5) is 5.95 Å². The summed E-state index contributed by atoms with van der Waals surface area (Å²) >= 11 is 0. The minimum absolute atomic E-state index is 0.0154. The quantitative estimate of drug-likeness (QED) is 0.631. The second-order valence-electron chi connectivity index (χ2n) is 3.36. The van der Waals surface area contributed by atoms with Crippen LogP contribution in [-0.4, -0.2) is 27.7 Å². The molecule has 2 heterocycles. The van der Waals surface area contributed by atoms with Crippen LogP contribution < -0.4 is 11.1 Å². The van der Waals surface area contributed by atoms with Crippen molar-refractivity contribution in [2.45, 2.75) is 25.3 Å². The molecule has 2 rings (SSSR count). The van der Waals surface area contributed by atoms with Crippen molar-refractivity contribution < 1.29 is 4.79 Å². The molecule has 0 aromatic carbocycles. The first-order chi connectivity index (χ1) is 6.72. The number of amides is 1. The van der Waals surface area contributed by atoms with Crippen molar-refractivity contribution in [3.8, 4) is 0 Å². The number of likely N-dealkylation sites (N-methyl/N-ethyl adjacent to an activating group) is 1. The molecular weight excluding hydrogens is 182 g/mol. The van der Waals surface area contributed by atoms with E-state index in [0.717, 1.165) is 19.4 Å². The molecule has 6 nitrogen and oxygen atoms in total. The zero-order valence-corrected chi connectivity index (χ0v) is 8.03. The van der Waals surface area contributed by atoms with Gasteiger partial charge in [0.05, 0.1) is 5.92 Å². The van der Waals surface area contributed by atoms with Gasteiger partial charge in [-0.15, -0.1) is 5.10 Å². The lowest BCUT2D eigenvalue weighted by Crippen LogP contribution is -2.30. The average molecular weight is 195 g/mol. The number of hydrogen-bond acceptors (Lipinski definition) is 4. The van der Waals surface area contributed by atoms with Gasteiger partial charge in [-0.1, -0.05) is 0 Å². The molecule has 76 valence electrons. The second kappa shape index (κ2) is 3.28. The summed E-state index contributed by atoms with van der Waals surface area (Å²) in [6.07, 6.45) is 1.76. The molecule has 0 spiro atoms. The van der Waals surface area contributed by atoms with Crippen LogP contribution in [0.5, 0.6) is 0 Å². The molecule has 0 bridgehead atoms. The van der Waals surface area contributed by atoms with Gasteiger partial charge < -0.3 is 11.1 Å². The van der Waals surface area contributed by atoms with Crippen molar-refractivity contribution in [3.05, 3.63) is 5.82 Å². The topological polar surface area (TPSA) is 85.8 Å². The molecule has 1 aromatic rings. The number of carbonyl (C=O) groups is 1. The molecule has 6 heteroatoms. The molecule has 1 aromatic heterocycles. The SMILES string of the molecule is CNC(=O)C1CCCn2nc(N)nc21. The number of anilines is 1. The van der Waals surface area contributed by atoms with Gasteiger partial charge in [0.15, 0.2) is 0 Å². The molecule has 0 fully saturated rings. The molecular formula is C8H13N5O. The first-order valence-electron chi connectivity index (χ1n) is 4.64. The highest BCUT2D eigenvalue weighted by atomic mass is 16.1. The van der Waals surface area contributed by atoms with Crippen molar-refractivity contribution >= 4 is 11.9 Å². The Morgan fingerprint density at radius 2 is 2.50 bits per heavy atom. The van der Waals surface area contributed by atoms with Crippen LogP contribution in [0.25, 0.3) is 0 Å². The zero-order valence-electron chi connectivity index (χ0n) is 8.03. The highest BCUT2D eigenvalue weighted by Crippen LogP contribution is 2.25. The highest BCUT2D eigenvalue weighted by molar-refractivity contribution is 5.82. The normalized spacial score (nSPS) is 20.2. The summed E-state index contributed by atoms with van der Waals surface area (Å²) in [5.74, 6) is 0.723. The molecule has 0 aliphatic carbocycles. The molecule has 1 unspecified atom stereocenters. The van der Waals surface area contributed by atoms with Crippen LogP contribution in [0.3, 0.4) is 0 Å². The largest absolute Gasteiger partial charge is 0.366 e. The molecule has 1 atom stereocenters. The standard InChI is InChI=1S/C8H13N5O/c1-10-7(14)5-3-2-4-13-6(5)11-8(9)12-13/h5H,2-4H2,1H3,(H2,9,12)(H,10,14). The fourth-order valence-electron chi connectivity index (χ4n) is 1.79. The van der Waals surface area contributed by atoms with Gasteiger partial charge in [-0.05, 0) is 12.8 Å². The maximum absolute atomic E-state index is 11.5. The molecule has 1 aliphatic rings. The van der Waals surface area contributed by atoms with Crippen molar-refractivity contribution in [3.63, 3.8) is 0 Å². The molecule has 14 heavy (non-hydrogen) atoms. The van der Waals surface area contributed by atoms with E-state index < -0.39 is 0 Å². The lowest BCUT2D eigenvalue weighted by Gasteiger charge is -2.20. The summed E-state index contributed by atoms with van der Waals surface area (Å²) in [4.78, 5) is 15.6. The third kappa shape index (κ3) is 1.32. The van der Waals surface area contributed by atoms with Gasteiger partial charge in [0.1, 0.15) is 5.82 Å². The van der Waals surface area contributed by atoms with E-state index >= 15 is 0 Å². The van der Waals surface area contributed by atoms with Gasteiger partial charge in [-0.2, -0.15) is 4.98 Å². The van der Waals surface area contributed by atoms with Crippen molar-refractivity contribution in [2.75, 3.05) is 12.8 Å². The Kier molecular flexibility index (Phi) is 2.11. The predicted molar refractivity (Wildman–Crippen MR) is 50.5 cm³/mol. The van der Waals surface area contributed by atoms with Gasteiger partial charge in [0, 0.05) is 13.6 Å². The molecule has 0 saturated heterocycles. The molecule has 0 radical (unpaired) electrons. The fourth-order valence-corrected chi connectivity index (χ4v) is 1.79. The van der Waals surface area contributed by atoms with Gasteiger partial charge in [-0.25, -0.2) is 4.68 Å². The first-order valence-corrected chi connectivity index (χ1v) is 4.64. The summed E-state index contributed by atoms with van der Waals surface area (Å²) < 4.78 is 1.72. The van der Waals surface area contributed by atoms with Gasteiger partial charge in [-0.3, -0.25) is 4.79 Å². The highest BCUT2D eigenvalue weighted by Gasteiger charge is 2.28. The van der Waals surface area contributed by atoms with Gasteiger partial charge >= 0.3 is 0 Å². The van der Waals surface area contributed by atoms with E-state index in [0.29, 0.717) is 5.82 Å². The summed E-state index contributed by atoms with van der Waals surface area (Å²) in [6.45, 7) is 0.799. The van der Waals surface area contributed by atoms with Gasteiger partial charge in [0.2, 0.25) is 11.9 Å². The number of hydrogen-bond donors (Lipinski definition) is 2. The molecule has 1 amide bonds. The fraction of sp³-hybridized carbons (Fsp3) is 0.625. The van der Waals surface area contributed by atoms with Crippen LogP contribution >= 0.6 is 0 Å². The van der Waals surface area contributed by atoms with E-state index in [2.05, 4.69) is 15.4 Å². The van der Waals surface area contributed by atoms with Crippen molar-refractivity contribution in [1.82, 2.24) is 20.1 Å². The van der Waals surface area contributed by atoms with E-state index in [9.17, 15) is 4.79 Å². The Hall–Kier alpha value is -1.59. The number of nitrogen functional groups attached to an aromatic ring is 1. The monoisotopic (exact) mass is 195 g/mol. The molecule has 3 N–H and O–H groups in total. The number of rotatable bonds is 1. The number of fused-ring (bicyclic) bond motifs is 1. The van der Waals surface area contributed by atoms with E-state index in [4.69, 9.17) is 5.73 Å². The zero-order chi connectivity index (χ0) is 10.1. The van der Waals surface area contributed by atoms with Crippen molar-refractivity contribution in [2.24, 2.45) is 0 Å². The number of nitrogens with two attached hydrogens (primary N) is 1. The predicted octanol–water partition coefficient (Wildman–Crippen LogP) is -0.516. The maximum atomic E-state index is 11.5. The van der Waals surface area contributed by atoms with Crippen LogP contribution in [0.1, 0.15) is 24.6 Å². The van der Waals surface area contributed by atoms with Crippen molar-refractivity contribution in [1.29, 1.82) is 0 Å². The number of carbonyl (C=O) groups excluding carboxylic acids is 1. The Labute approximate surface area is 81.5 Å². The van der Waals surface area contributed by atoms with Crippen LogP contribution in [0.15, 0.2) is 0 Å². The minimum Gasteiger partial charge on any atom is -0.366 e. The third-order valence-corrected chi connectivity index (χ3v) is 2.45. The van der Waals surface area contributed by atoms with E-state index in [1.807, 2.05) is 0 Å². The lowest BCUT2D eigenvalue weighted by atomic mass is 9.98. The number of nitrogens with one attached hydrogen (secondary N) is 1. The summed E-state index contributed by atoms with van der Waals surface area (Å²) in [5.41, 5.74) is 5.49. The van der Waals surface area contributed by atoms with E-state index in [-0.39, 0.29) is 17.8 Å². The maximum Gasteiger partial charge on any atom is 0.239 e. The van der Waals surface area contributed by atoms with E-state index in [1.54, 1.807) is 11.7 Å². The van der Waals surface area contributed by atoms with Crippen LogP contribution in [0.2, 0.25) is 0 Å². The lowest BCUT2D eigenvalue weighted by molar-refractivity contribution is -0.122. The minimum atomic E-state index is -0.196. The third-order valence-electron chi connectivity index (χ3n) is 2.45. The Morgan fingerprint density at radius 3 is 3.21 bits per heavy atom. The first kappa shape index (κ1) is 8.98. The Balaban J connectivity index is 2.34. The van der Waals surface area contributed by atoms with Gasteiger partial charge in [0.25, 0.3) is 0 Å². The Morgan fingerprint density at radius 1 is 1.71 bits per heavy atom. The smallest absolute Gasteiger partial charge is 0.239 e. The number of aromatic nitrogens is 3. The molecule has 1 aliphatic heterocycles. The summed E-state index contributed by atoms with van der Waals surface area (Å²) in [5, 5.41) is 6.65. The number of nitrogens with zero attached hydrogens (tertiary/aromatic N) is 3. The second-order valence-corrected chi connectivity index (χ2v) is 3.36. The van der Waals surface area contributed by atoms with Crippen LogP contribution in [-0.2, 0) is 11.3 Å². The molecule has 0 saturated carbocycles. The Bertz CT molecular complexity index is 359.